The SMILES string of the molecule is CC(Nc1cnc2ccccc2n1)(C(=O)O)C1CC1. The summed E-state index contributed by atoms with van der Waals surface area (Å²) in [5.74, 6) is -0.168. The summed E-state index contributed by atoms with van der Waals surface area (Å²) in [7, 11) is 0. The number of nitrogens with zero attached hydrogens (tertiary/aromatic N) is 2. The van der Waals surface area contributed by atoms with Crippen LogP contribution >= 0.6 is 0 Å². The Morgan fingerprint density at radius 1 is 1.37 bits per heavy atom. The van der Waals surface area contributed by atoms with Crippen LogP contribution in [0, 0.1) is 5.92 Å². The van der Waals surface area contributed by atoms with E-state index in [4.69, 9.17) is 0 Å². The van der Waals surface area contributed by atoms with Gasteiger partial charge in [-0.1, -0.05) is 12.1 Å². The number of para-hydroxylation sites is 2. The summed E-state index contributed by atoms with van der Waals surface area (Å²) < 4.78 is 0. The van der Waals surface area contributed by atoms with Crippen molar-refractivity contribution in [2.45, 2.75) is 25.3 Å². The van der Waals surface area contributed by atoms with Crippen molar-refractivity contribution in [2.24, 2.45) is 5.92 Å². The van der Waals surface area contributed by atoms with E-state index in [2.05, 4.69) is 15.3 Å². The lowest BCUT2D eigenvalue weighted by Crippen LogP contribution is -2.45. The van der Waals surface area contributed by atoms with Crippen LogP contribution in [0.4, 0.5) is 5.82 Å². The quantitative estimate of drug-likeness (QED) is 0.879. The van der Waals surface area contributed by atoms with E-state index in [1.165, 1.54) is 0 Å². The van der Waals surface area contributed by atoms with Crippen molar-refractivity contribution in [1.29, 1.82) is 0 Å². The molecule has 2 N–H and O–H groups in total. The minimum atomic E-state index is -0.961. The molecule has 1 atom stereocenters. The van der Waals surface area contributed by atoms with Gasteiger partial charge in [-0.15, -0.1) is 0 Å². The molecule has 1 unspecified atom stereocenters. The van der Waals surface area contributed by atoms with Crippen molar-refractivity contribution in [3.05, 3.63) is 30.5 Å². The van der Waals surface area contributed by atoms with Gasteiger partial charge in [0.15, 0.2) is 0 Å². The standard InChI is InChI=1S/C14H15N3O2/c1-14(13(18)19,9-6-7-9)17-12-8-15-10-4-2-3-5-11(10)16-12/h2-5,8-9H,6-7H2,1H3,(H,16,17)(H,18,19). The van der Waals surface area contributed by atoms with Gasteiger partial charge in [0.1, 0.15) is 11.4 Å². The molecule has 1 aliphatic rings. The predicted octanol–water partition coefficient (Wildman–Crippen LogP) is 2.29. The number of carboxylic acids is 1. The molecule has 1 heterocycles. The molecule has 1 aromatic carbocycles. The summed E-state index contributed by atoms with van der Waals surface area (Å²) in [4.78, 5) is 20.2. The highest BCUT2D eigenvalue weighted by Gasteiger charge is 2.47. The molecule has 1 fully saturated rings. The maximum absolute atomic E-state index is 11.5. The second kappa shape index (κ2) is 4.19. The highest BCUT2D eigenvalue weighted by atomic mass is 16.4. The van der Waals surface area contributed by atoms with Crippen molar-refractivity contribution >= 4 is 22.8 Å². The lowest BCUT2D eigenvalue weighted by molar-refractivity contribution is -0.142. The molecule has 0 saturated heterocycles. The number of hydrogen-bond donors (Lipinski definition) is 2. The molecular weight excluding hydrogens is 242 g/mol. The van der Waals surface area contributed by atoms with Crippen LogP contribution < -0.4 is 5.32 Å². The average Bonchev–Trinajstić information content (AvgIpc) is 3.23. The number of anilines is 1. The number of carboxylic acid groups (broad SMARTS) is 1. The van der Waals surface area contributed by atoms with E-state index in [0.29, 0.717) is 5.82 Å². The largest absolute Gasteiger partial charge is 0.480 e. The molecule has 5 heteroatoms. The third-order valence-electron chi connectivity index (χ3n) is 3.67. The zero-order valence-corrected chi connectivity index (χ0v) is 10.6. The van der Waals surface area contributed by atoms with Crippen LogP contribution in [0.1, 0.15) is 19.8 Å². The van der Waals surface area contributed by atoms with Crippen LogP contribution in [0.3, 0.4) is 0 Å². The second-order valence-electron chi connectivity index (χ2n) is 5.15. The summed E-state index contributed by atoms with van der Waals surface area (Å²) >= 11 is 0. The molecule has 1 aromatic heterocycles. The molecule has 0 bridgehead atoms. The number of fused-ring (bicyclic) bond motifs is 1. The fraction of sp³-hybridized carbons (Fsp3) is 0.357. The number of hydrogen-bond acceptors (Lipinski definition) is 4. The van der Waals surface area contributed by atoms with Gasteiger partial charge in [0.2, 0.25) is 0 Å². The van der Waals surface area contributed by atoms with Gasteiger partial charge in [-0.3, -0.25) is 4.98 Å². The minimum Gasteiger partial charge on any atom is -0.480 e. The van der Waals surface area contributed by atoms with Gasteiger partial charge < -0.3 is 10.4 Å². The molecule has 0 spiro atoms. The van der Waals surface area contributed by atoms with Crippen LogP contribution in [-0.2, 0) is 4.79 Å². The summed E-state index contributed by atoms with van der Waals surface area (Å²) in [5, 5.41) is 12.4. The fourth-order valence-corrected chi connectivity index (χ4v) is 2.27. The third kappa shape index (κ3) is 2.12. The molecule has 19 heavy (non-hydrogen) atoms. The summed E-state index contributed by atoms with van der Waals surface area (Å²) in [6, 6.07) is 7.53. The van der Waals surface area contributed by atoms with Gasteiger partial charge in [0.05, 0.1) is 17.2 Å². The van der Waals surface area contributed by atoms with Gasteiger partial charge in [-0.2, -0.15) is 0 Å². The first-order valence-electron chi connectivity index (χ1n) is 6.33. The molecule has 1 saturated carbocycles. The minimum absolute atomic E-state index is 0.165. The second-order valence-corrected chi connectivity index (χ2v) is 5.15. The van der Waals surface area contributed by atoms with Crippen LogP contribution in [-0.4, -0.2) is 26.6 Å². The smallest absolute Gasteiger partial charge is 0.329 e. The van der Waals surface area contributed by atoms with E-state index in [9.17, 15) is 9.90 Å². The Bertz CT molecular complexity index is 639. The Morgan fingerprint density at radius 3 is 2.68 bits per heavy atom. The topological polar surface area (TPSA) is 75.1 Å². The highest BCUT2D eigenvalue weighted by Crippen LogP contribution is 2.41. The van der Waals surface area contributed by atoms with E-state index in [-0.39, 0.29) is 5.92 Å². The van der Waals surface area contributed by atoms with Gasteiger partial charge in [-0.05, 0) is 37.8 Å². The normalized spacial score (nSPS) is 17.9. The molecule has 0 radical (unpaired) electrons. The Morgan fingerprint density at radius 2 is 2.05 bits per heavy atom. The van der Waals surface area contributed by atoms with Gasteiger partial charge in [0, 0.05) is 0 Å². The van der Waals surface area contributed by atoms with Crippen molar-refractivity contribution in [3.8, 4) is 0 Å². The van der Waals surface area contributed by atoms with E-state index < -0.39 is 11.5 Å². The van der Waals surface area contributed by atoms with Crippen molar-refractivity contribution in [3.63, 3.8) is 0 Å². The lowest BCUT2D eigenvalue weighted by Gasteiger charge is -2.26. The predicted molar refractivity (Wildman–Crippen MR) is 71.9 cm³/mol. The van der Waals surface area contributed by atoms with E-state index in [1.54, 1.807) is 13.1 Å². The number of benzene rings is 1. The van der Waals surface area contributed by atoms with Crippen molar-refractivity contribution < 1.29 is 9.90 Å². The molecule has 0 aliphatic heterocycles. The number of rotatable bonds is 4. The Labute approximate surface area is 110 Å². The molecule has 1 aliphatic carbocycles. The molecule has 5 nitrogen and oxygen atoms in total. The Balaban J connectivity index is 1.93. The molecule has 3 rings (SSSR count). The maximum atomic E-state index is 11.5. The van der Waals surface area contributed by atoms with Gasteiger partial charge in [-0.25, -0.2) is 9.78 Å². The number of carbonyl (C=O) groups is 1. The average molecular weight is 257 g/mol. The Kier molecular flexibility index (Phi) is 2.62. The van der Waals surface area contributed by atoms with Crippen molar-refractivity contribution in [1.82, 2.24) is 9.97 Å². The zero-order chi connectivity index (χ0) is 13.5. The number of aliphatic carboxylic acids is 1. The van der Waals surface area contributed by atoms with Gasteiger partial charge >= 0.3 is 5.97 Å². The van der Waals surface area contributed by atoms with Crippen LogP contribution in [0.25, 0.3) is 11.0 Å². The number of nitrogens with one attached hydrogen (secondary N) is 1. The molecule has 0 amide bonds. The summed E-state index contributed by atoms with van der Waals surface area (Å²) in [6.07, 6.45) is 3.47. The van der Waals surface area contributed by atoms with Crippen LogP contribution in [0.2, 0.25) is 0 Å². The molecule has 98 valence electrons. The highest BCUT2D eigenvalue weighted by molar-refractivity contribution is 5.83. The first-order chi connectivity index (χ1) is 9.09. The van der Waals surface area contributed by atoms with Crippen molar-refractivity contribution in [2.75, 3.05) is 5.32 Å². The Hall–Kier alpha value is -2.17. The van der Waals surface area contributed by atoms with Gasteiger partial charge in [0.25, 0.3) is 0 Å². The lowest BCUT2D eigenvalue weighted by atomic mass is 9.96. The summed E-state index contributed by atoms with van der Waals surface area (Å²) in [6.45, 7) is 1.71. The molecule has 2 aromatic rings. The first-order valence-corrected chi connectivity index (χ1v) is 6.33. The third-order valence-corrected chi connectivity index (χ3v) is 3.67. The maximum Gasteiger partial charge on any atom is 0.329 e. The van der Waals surface area contributed by atoms with E-state index in [1.807, 2.05) is 24.3 Å². The van der Waals surface area contributed by atoms with E-state index in [0.717, 1.165) is 23.9 Å². The molecular formula is C14H15N3O2. The number of aromatic nitrogens is 2. The van der Waals surface area contributed by atoms with E-state index >= 15 is 0 Å². The first kappa shape index (κ1) is 11.9. The monoisotopic (exact) mass is 257 g/mol. The van der Waals surface area contributed by atoms with Crippen LogP contribution in [0.15, 0.2) is 30.5 Å². The van der Waals surface area contributed by atoms with Crippen LogP contribution in [0.5, 0.6) is 0 Å². The zero-order valence-electron chi connectivity index (χ0n) is 10.6. The summed E-state index contributed by atoms with van der Waals surface area (Å²) in [5.41, 5.74) is 0.601. The fourth-order valence-electron chi connectivity index (χ4n) is 2.27.